The second-order valence-electron chi connectivity index (χ2n) is 4.70. The molecule has 1 rings (SSSR count). The molecule has 0 amide bonds. The molecule has 0 bridgehead atoms. The van der Waals surface area contributed by atoms with Gasteiger partial charge in [-0.25, -0.2) is 4.79 Å². The number of esters is 1. The lowest BCUT2D eigenvalue weighted by Crippen LogP contribution is -2.40. The number of hydrogen-bond donors (Lipinski definition) is 1. The maximum atomic E-state index is 11.4. The van der Waals surface area contributed by atoms with Gasteiger partial charge >= 0.3 is 5.97 Å². The molecule has 1 atom stereocenters. The van der Waals surface area contributed by atoms with Crippen LogP contribution in [0.2, 0.25) is 0 Å². The molecule has 3 heteroatoms. The van der Waals surface area contributed by atoms with Crippen molar-refractivity contribution in [2.24, 2.45) is 0 Å². The third kappa shape index (κ3) is 2.86. The second kappa shape index (κ2) is 5.32. The molecule has 0 aromatic heterocycles. The SMILES string of the molecule is CCc1cccc(C(C)(C)C(O)C(=O)OC)c1. The van der Waals surface area contributed by atoms with Crippen LogP contribution in [-0.4, -0.2) is 24.3 Å². The first kappa shape index (κ1) is 13.7. The van der Waals surface area contributed by atoms with Gasteiger partial charge in [0.25, 0.3) is 0 Å². The molecule has 94 valence electrons. The van der Waals surface area contributed by atoms with E-state index in [0.717, 1.165) is 12.0 Å². The minimum atomic E-state index is -1.15. The second-order valence-corrected chi connectivity index (χ2v) is 4.70. The zero-order chi connectivity index (χ0) is 13.1. The van der Waals surface area contributed by atoms with E-state index in [1.807, 2.05) is 38.1 Å². The van der Waals surface area contributed by atoms with Gasteiger partial charge < -0.3 is 9.84 Å². The molecule has 0 fully saturated rings. The van der Waals surface area contributed by atoms with E-state index < -0.39 is 17.5 Å². The topological polar surface area (TPSA) is 46.5 Å². The Labute approximate surface area is 102 Å². The van der Waals surface area contributed by atoms with E-state index in [9.17, 15) is 9.90 Å². The number of benzene rings is 1. The molecule has 0 aliphatic carbocycles. The van der Waals surface area contributed by atoms with E-state index in [2.05, 4.69) is 11.7 Å². The quantitative estimate of drug-likeness (QED) is 0.814. The Hall–Kier alpha value is -1.35. The fourth-order valence-electron chi connectivity index (χ4n) is 1.76. The molecule has 0 aliphatic rings. The third-order valence-corrected chi connectivity index (χ3v) is 3.19. The molecule has 3 nitrogen and oxygen atoms in total. The minimum absolute atomic E-state index is 0.600. The van der Waals surface area contributed by atoms with Crippen LogP contribution in [0.5, 0.6) is 0 Å². The van der Waals surface area contributed by atoms with Crippen LogP contribution < -0.4 is 0 Å². The summed E-state index contributed by atoms with van der Waals surface area (Å²) in [4.78, 5) is 11.4. The molecule has 1 aromatic rings. The van der Waals surface area contributed by atoms with Crippen LogP contribution in [0.3, 0.4) is 0 Å². The lowest BCUT2D eigenvalue weighted by atomic mass is 9.78. The Balaban J connectivity index is 3.06. The van der Waals surface area contributed by atoms with Gasteiger partial charge in [-0.1, -0.05) is 45.0 Å². The maximum Gasteiger partial charge on any atom is 0.335 e. The number of carbonyl (C=O) groups is 1. The van der Waals surface area contributed by atoms with Crippen LogP contribution in [0.4, 0.5) is 0 Å². The first-order chi connectivity index (χ1) is 7.93. The number of ether oxygens (including phenoxy) is 1. The predicted octanol–water partition coefficient (Wildman–Crippen LogP) is 2.06. The number of rotatable bonds is 4. The number of aliphatic hydroxyl groups excluding tert-OH is 1. The molecule has 0 spiro atoms. The molecule has 0 radical (unpaired) electrons. The van der Waals surface area contributed by atoms with Crippen molar-refractivity contribution < 1.29 is 14.6 Å². The Morgan fingerprint density at radius 3 is 2.65 bits per heavy atom. The third-order valence-electron chi connectivity index (χ3n) is 3.19. The van der Waals surface area contributed by atoms with Crippen LogP contribution in [0, 0.1) is 0 Å². The van der Waals surface area contributed by atoms with E-state index in [0.29, 0.717) is 0 Å². The maximum absolute atomic E-state index is 11.4. The summed E-state index contributed by atoms with van der Waals surface area (Å²) in [6.07, 6.45) is -0.224. The van der Waals surface area contributed by atoms with Gasteiger partial charge in [-0.3, -0.25) is 0 Å². The average molecular weight is 236 g/mol. The number of aliphatic hydroxyl groups is 1. The molecule has 17 heavy (non-hydrogen) atoms. The van der Waals surface area contributed by atoms with E-state index in [1.165, 1.54) is 12.7 Å². The van der Waals surface area contributed by atoms with Gasteiger partial charge in [0.1, 0.15) is 0 Å². The van der Waals surface area contributed by atoms with Gasteiger partial charge in [0, 0.05) is 5.41 Å². The van der Waals surface area contributed by atoms with Gasteiger partial charge in [0.05, 0.1) is 7.11 Å². The Morgan fingerprint density at radius 2 is 2.12 bits per heavy atom. The van der Waals surface area contributed by atoms with Gasteiger partial charge in [0.15, 0.2) is 6.10 Å². The Morgan fingerprint density at radius 1 is 1.47 bits per heavy atom. The van der Waals surface area contributed by atoms with Gasteiger partial charge in [0.2, 0.25) is 0 Å². The van der Waals surface area contributed by atoms with Crippen molar-refractivity contribution in [3.05, 3.63) is 35.4 Å². The van der Waals surface area contributed by atoms with Gasteiger partial charge in [-0.05, 0) is 17.5 Å². The summed E-state index contributed by atoms with van der Waals surface area (Å²) < 4.78 is 4.59. The first-order valence-corrected chi connectivity index (χ1v) is 5.78. The fourth-order valence-corrected chi connectivity index (χ4v) is 1.76. The van der Waals surface area contributed by atoms with Crippen molar-refractivity contribution in [3.8, 4) is 0 Å². The standard InChI is InChI=1S/C14H20O3/c1-5-10-7-6-8-11(9-10)14(2,3)12(15)13(16)17-4/h6-9,12,15H,5H2,1-4H3. The lowest BCUT2D eigenvalue weighted by Gasteiger charge is -2.29. The fraction of sp³-hybridized carbons (Fsp3) is 0.500. The monoisotopic (exact) mass is 236 g/mol. The van der Waals surface area contributed by atoms with Crippen LogP contribution >= 0.6 is 0 Å². The molecule has 0 aliphatic heterocycles. The van der Waals surface area contributed by atoms with E-state index in [4.69, 9.17) is 0 Å². The van der Waals surface area contributed by atoms with Crippen molar-refractivity contribution in [1.82, 2.24) is 0 Å². The summed E-state index contributed by atoms with van der Waals surface area (Å²) in [5.74, 6) is -0.600. The number of methoxy groups -OCH3 is 1. The van der Waals surface area contributed by atoms with Crippen LogP contribution in [-0.2, 0) is 21.4 Å². The van der Waals surface area contributed by atoms with Crippen LogP contribution in [0.25, 0.3) is 0 Å². The van der Waals surface area contributed by atoms with Gasteiger partial charge in [-0.15, -0.1) is 0 Å². The van der Waals surface area contributed by atoms with Crippen molar-refractivity contribution in [2.45, 2.75) is 38.7 Å². The molecule has 1 N–H and O–H groups in total. The van der Waals surface area contributed by atoms with Gasteiger partial charge in [-0.2, -0.15) is 0 Å². The highest BCUT2D eigenvalue weighted by molar-refractivity contribution is 5.76. The summed E-state index contributed by atoms with van der Waals surface area (Å²) in [6.45, 7) is 5.75. The smallest absolute Gasteiger partial charge is 0.335 e. The van der Waals surface area contributed by atoms with E-state index in [-0.39, 0.29) is 0 Å². The zero-order valence-corrected chi connectivity index (χ0v) is 10.9. The highest BCUT2D eigenvalue weighted by Crippen LogP contribution is 2.28. The molecule has 0 saturated heterocycles. The lowest BCUT2D eigenvalue weighted by molar-refractivity contribution is -0.153. The highest BCUT2D eigenvalue weighted by atomic mass is 16.5. The molecule has 0 heterocycles. The summed E-state index contributed by atoms with van der Waals surface area (Å²) in [7, 11) is 1.28. The van der Waals surface area contributed by atoms with Crippen molar-refractivity contribution in [3.63, 3.8) is 0 Å². The highest BCUT2D eigenvalue weighted by Gasteiger charge is 2.35. The summed E-state index contributed by atoms with van der Waals surface area (Å²) in [6, 6.07) is 7.92. The van der Waals surface area contributed by atoms with E-state index in [1.54, 1.807) is 0 Å². The predicted molar refractivity (Wildman–Crippen MR) is 66.9 cm³/mol. The van der Waals surface area contributed by atoms with Crippen molar-refractivity contribution in [1.29, 1.82) is 0 Å². The molecule has 1 unspecified atom stereocenters. The summed E-state index contributed by atoms with van der Waals surface area (Å²) in [5, 5.41) is 9.99. The van der Waals surface area contributed by atoms with Crippen molar-refractivity contribution >= 4 is 5.97 Å². The summed E-state index contributed by atoms with van der Waals surface area (Å²) >= 11 is 0. The summed E-state index contributed by atoms with van der Waals surface area (Å²) in [5.41, 5.74) is 1.47. The Bertz CT molecular complexity index is 396. The van der Waals surface area contributed by atoms with Crippen LogP contribution in [0.1, 0.15) is 31.9 Å². The van der Waals surface area contributed by atoms with Crippen molar-refractivity contribution in [2.75, 3.05) is 7.11 Å². The molecular weight excluding hydrogens is 216 g/mol. The van der Waals surface area contributed by atoms with E-state index >= 15 is 0 Å². The first-order valence-electron chi connectivity index (χ1n) is 5.78. The number of aryl methyl sites for hydroxylation is 1. The molecule has 1 aromatic carbocycles. The number of carbonyl (C=O) groups excluding carboxylic acids is 1. The number of hydrogen-bond acceptors (Lipinski definition) is 3. The largest absolute Gasteiger partial charge is 0.467 e. The molecule has 0 saturated carbocycles. The average Bonchev–Trinajstić information content (AvgIpc) is 2.36. The molecular formula is C14H20O3. The van der Waals surface area contributed by atoms with Crippen LogP contribution in [0.15, 0.2) is 24.3 Å². The zero-order valence-electron chi connectivity index (χ0n) is 10.9. The Kier molecular flexibility index (Phi) is 4.29. The minimum Gasteiger partial charge on any atom is -0.467 e. The normalized spacial score (nSPS) is 13.2.